The van der Waals surface area contributed by atoms with Crippen LogP contribution in [0.1, 0.15) is 22.9 Å². The van der Waals surface area contributed by atoms with E-state index in [9.17, 15) is 13.2 Å². The van der Waals surface area contributed by atoms with Gasteiger partial charge in [-0.05, 0) is 30.3 Å². The number of halogens is 3. The summed E-state index contributed by atoms with van der Waals surface area (Å²) < 4.78 is 43.2. The van der Waals surface area contributed by atoms with Gasteiger partial charge in [0.25, 0.3) is 0 Å². The van der Waals surface area contributed by atoms with Crippen LogP contribution < -0.4 is 17.0 Å². The summed E-state index contributed by atoms with van der Waals surface area (Å²) in [7, 11) is 0. The zero-order valence-corrected chi connectivity index (χ0v) is 9.74. The molecule has 0 aliphatic heterocycles. The highest BCUT2D eigenvalue weighted by atomic mass is 19.4. The number of hydrazine groups is 1. The van der Waals surface area contributed by atoms with E-state index in [1.54, 1.807) is 12.1 Å². The molecule has 7 heteroatoms. The van der Waals surface area contributed by atoms with E-state index in [1.165, 1.54) is 12.3 Å². The van der Waals surface area contributed by atoms with Crippen molar-refractivity contribution < 1.29 is 17.6 Å². The molecule has 1 aromatic carbocycles. The molecule has 4 nitrogen and oxygen atoms in total. The molecule has 0 aliphatic rings. The molecule has 19 heavy (non-hydrogen) atoms. The van der Waals surface area contributed by atoms with E-state index in [-0.39, 0.29) is 11.3 Å². The third kappa shape index (κ3) is 2.72. The molecule has 0 amide bonds. The van der Waals surface area contributed by atoms with Crippen LogP contribution in [-0.4, -0.2) is 0 Å². The van der Waals surface area contributed by atoms with Crippen LogP contribution in [0.25, 0.3) is 0 Å². The number of hydrogen-bond acceptors (Lipinski definition) is 4. The second-order valence-corrected chi connectivity index (χ2v) is 3.96. The molecule has 5 N–H and O–H groups in total. The Labute approximate surface area is 107 Å². The third-order valence-corrected chi connectivity index (χ3v) is 2.72. The van der Waals surface area contributed by atoms with Crippen molar-refractivity contribution in [2.45, 2.75) is 12.2 Å². The van der Waals surface area contributed by atoms with Crippen molar-refractivity contribution in [3.63, 3.8) is 0 Å². The number of benzene rings is 1. The number of nitrogens with one attached hydrogen (secondary N) is 1. The van der Waals surface area contributed by atoms with Gasteiger partial charge in [-0.3, -0.25) is 5.84 Å². The summed E-state index contributed by atoms with van der Waals surface area (Å²) in [6.45, 7) is 0. The first-order valence-corrected chi connectivity index (χ1v) is 5.39. The number of nitrogens with two attached hydrogens (primary N) is 2. The van der Waals surface area contributed by atoms with Crippen molar-refractivity contribution in [1.29, 1.82) is 0 Å². The Hall–Kier alpha value is -1.99. The summed E-state index contributed by atoms with van der Waals surface area (Å²) in [6, 6.07) is 5.56. The lowest BCUT2D eigenvalue weighted by Crippen LogP contribution is -2.29. The van der Waals surface area contributed by atoms with Crippen LogP contribution in [0.5, 0.6) is 0 Å². The maximum Gasteiger partial charge on any atom is 0.416 e. The van der Waals surface area contributed by atoms with Gasteiger partial charge in [-0.1, -0.05) is 0 Å². The predicted molar refractivity (Wildman–Crippen MR) is 63.7 cm³/mol. The molecule has 0 saturated heterocycles. The Morgan fingerprint density at radius 3 is 2.47 bits per heavy atom. The first-order chi connectivity index (χ1) is 8.93. The second-order valence-electron chi connectivity index (χ2n) is 3.96. The van der Waals surface area contributed by atoms with Gasteiger partial charge in [0.2, 0.25) is 0 Å². The molecule has 1 atom stereocenters. The van der Waals surface area contributed by atoms with Crippen molar-refractivity contribution in [3.05, 3.63) is 53.5 Å². The molecule has 0 spiro atoms. The molecule has 1 unspecified atom stereocenters. The zero-order chi connectivity index (χ0) is 14.0. The summed E-state index contributed by atoms with van der Waals surface area (Å²) in [4.78, 5) is 0. The fourth-order valence-corrected chi connectivity index (χ4v) is 1.78. The molecule has 102 valence electrons. The number of anilines is 1. The number of alkyl halides is 3. The molecule has 0 saturated carbocycles. The summed E-state index contributed by atoms with van der Waals surface area (Å²) in [5, 5.41) is 0. The lowest BCUT2D eigenvalue weighted by molar-refractivity contribution is -0.137. The number of rotatable bonds is 3. The summed E-state index contributed by atoms with van der Waals surface area (Å²) in [6.07, 6.45) is -3.03. The third-order valence-electron chi connectivity index (χ3n) is 2.72. The Balaban J connectivity index is 2.48. The smallest absolute Gasteiger partial charge is 0.416 e. The maximum atomic E-state index is 12.7. The molecule has 0 radical (unpaired) electrons. The first-order valence-electron chi connectivity index (χ1n) is 5.39. The molecule has 2 aromatic rings. The predicted octanol–water partition coefficient (Wildman–Crippen LogP) is 2.43. The van der Waals surface area contributed by atoms with E-state index in [0.717, 1.165) is 12.1 Å². The van der Waals surface area contributed by atoms with Crippen molar-refractivity contribution >= 4 is 5.69 Å². The van der Waals surface area contributed by atoms with E-state index >= 15 is 0 Å². The monoisotopic (exact) mass is 271 g/mol. The number of nitrogen functional groups attached to an aromatic ring is 1. The van der Waals surface area contributed by atoms with Gasteiger partial charge in [0.05, 0.1) is 11.8 Å². The van der Waals surface area contributed by atoms with Gasteiger partial charge in [-0.2, -0.15) is 13.2 Å². The zero-order valence-electron chi connectivity index (χ0n) is 9.74. The highest BCUT2D eigenvalue weighted by Crippen LogP contribution is 2.34. The molecule has 2 rings (SSSR count). The standard InChI is InChI=1S/C12H12F3N3O/c13-12(14,15)7-3-4-9(16)8(6-7)11(18-17)10-2-1-5-19-10/h1-6,11,18H,16-17H2. The molecule has 0 aliphatic carbocycles. The van der Waals surface area contributed by atoms with Crippen LogP contribution in [0, 0.1) is 0 Å². The first kappa shape index (κ1) is 13.4. The van der Waals surface area contributed by atoms with Crippen LogP contribution in [-0.2, 0) is 6.18 Å². The van der Waals surface area contributed by atoms with Crippen LogP contribution in [0.2, 0.25) is 0 Å². The van der Waals surface area contributed by atoms with Crippen LogP contribution in [0.3, 0.4) is 0 Å². The lowest BCUT2D eigenvalue weighted by atomic mass is 10.00. The van der Waals surface area contributed by atoms with E-state index in [4.69, 9.17) is 16.0 Å². The van der Waals surface area contributed by atoms with Gasteiger partial charge < -0.3 is 10.2 Å². The Bertz CT molecular complexity index is 552. The van der Waals surface area contributed by atoms with E-state index in [0.29, 0.717) is 5.76 Å². The highest BCUT2D eigenvalue weighted by molar-refractivity contribution is 5.52. The fraction of sp³-hybridized carbons (Fsp3) is 0.167. The van der Waals surface area contributed by atoms with Gasteiger partial charge in [0, 0.05) is 11.3 Å². The van der Waals surface area contributed by atoms with Crippen LogP contribution in [0.15, 0.2) is 41.0 Å². The molecule has 1 aromatic heterocycles. The van der Waals surface area contributed by atoms with Crippen molar-refractivity contribution in [2.75, 3.05) is 5.73 Å². The summed E-state index contributed by atoms with van der Waals surface area (Å²) in [5.41, 5.74) is 7.74. The van der Waals surface area contributed by atoms with Gasteiger partial charge in [-0.25, -0.2) is 5.43 Å². The molecule has 0 bridgehead atoms. The minimum Gasteiger partial charge on any atom is -0.467 e. The van der Waals surface area contributed by atoms with E-state index < -0.39 is 17.8 Å². The highest BCUT2D eigenvalue weighted by Gasteiger charge is 2.32. The van der Waals surface area contributed by atoms with Gasteiger partial charge >= 0.3 is 6.18 Å². The normalized spacial score (nSPS) is 13.5. The molecule has 1 heterocycles. The summed E-state index contributed by atoms with van der Waals surface area (Å²) in [5.74, 6) is 5.76. The topological polar surface area (TPSA) is 77.2 Å². The average molecular weight is 271 g/mol. The Morgan fingerprint density at radius 1 is 1.21 bits per heavy atom. The van der Waals surface area contributed by atoms with Gasteiger partial charge in [0.15, 0.2) is 0 Å². The average Bonchev–Trinajstić information content (AvgIpc) is 2.84. The van der Waals surface area contributed by atoms with Crippen molar-refractivity contribution in [2.24, 2.45) is 5.84 Å². The SMILES string of the molecule is NNC(c1ccco1)c1cc(C(F)(F)F)ccc1N. The van der Waals surface area contributed by atoms with E-state index in [1.807, 2.05) is 0 Å². The Morgan fingerprint density at radius 2 is 1.95 bits per heavy atom. The van der Waals surface area contributed by atoms with Crippen LogP contribution >= 0.6 is 0 Å². The second kappa shape index (κ2) is 4.94. The van der Waals surface area contributed by atoms with Crippen molar-refractivity contribution in [1.82, 2.24) is 5.43 Å². The molecular formula is C12H12F3N3O. The quantitative estimate of drug-likeness (QED) is 0.455. The van der Waals surface area contributed by atoms with Gasteiger partial charge in [0.1, 0.15) is 11.8 Å². The fourth-order valence-electron chi connectivity index (χ4n) is 1.78. The maximum absolute atomic E-state index is 12.7. The van der Waals surface area contributed by atoms with Crippen molar-refractivity contribution in [3.8, 4) is 0 Å². The summed E-state index contributed by atoms with van der Waals surface area (Å²) >= 11 is 0. The lowest BCUT2D eigenvalue weighted by Gasteiger charge is -2.18. The largest absolute Gasteiger partial charge is 0.467 e. The minimum atomic E-state index is -4.44. The molecule has 0 fully saturated rings. The number of hydrogen-bond donors (Lipinski definition) is 3. The van der Waals surface area contributed by atoms with E-state index in [2.05, 4.69) is 5.43 Å². The van der Waals surface area contributed by atoms with Crippen LogP contribution in [0.4, 0.5) is 18.9 Å². The molecular weight excluding hydrogens is 259 g/mol. The Kier molecular flexibility index (Phi) is 3.50. The van der Waals surface area contributed by atoms with Gasteiger partial charge in [-0.15, -0.1) is 0 Å². The number of furan rings is 1. The minimum absolute atomic E-state index is 0.201.